The molecule has 3 aromatic heterocycles. The number of imidazole rings is 1. The van der Waals surface area contributed by atoms with E-state index in [1.807, 2.05) is 28.8 Å². The maximum Gasteiger partial charge on any atom is 0.374 e. The Hall–Kier alpha value is -3.94. The number of nitro groups is 1. The molecule has 0 spiro atoms. The minimum Gasteiger partial charge on any atom is -0.453 e. The van der Waals surface area contributed by atoms with Crippen LogP contribution in [0.4, 0.5) is 5.69 Å². The molecule has 0 bridgehead atoms. The predicted octanol–water partition coefficient (Wildman–Crippen LogP) is 3.86. The van der Waals surface area contributed by atoms with Crippen LogP contribution >= 0.6 is 0 Å². The van der Waals surface area contributed by atoms with Gasteiger partial charge >= 0.3 is 5.97 Å². The van der Waals surface area contributed by atoms with Crippen LogP contribution in [-0.2, 0) is 11.3 Å². The molecule has 0 amide bonds. The molecule has 0 fully saturated rings. The Kier molecular flexibility index (Phi) is 4.13. The zero-order chi connectivity index (χ0) is 18.8. The van der Waals surface area contributed by atoms with Crippen LogP contribution in [-0.4, -0.2) is 20.3 Å². The molecular formula is C19H13N3O5. The second-order valence-electron chi connectivity index (χ2n) is 5.74. The van der Waals surface area contributed by atoms with Crippen LogP contribution in [0.5, 0.6) is 0 Å². The Bertz CT molecular complexity index is 1090. The molecule has 0 saturated heterocycles. The Labute approximate surface area is 152 Å². The number of fused-ring (bicyclic) bond motifs is 1. The van der Waals surface area contributed by atoms with Crippen LogP contribution in [0.25, 0.3) is 17.0 Å². The molecule has 1 aromatic carbocycles. The summed E-state index contributed by atoms with van der Waals surface area (Å²) < 4.78 is 12.6. The summed E-state index contributed by atoms with van der Waals surface area (Å²) >= 11 is 0. The molecule has 0 N–H and O–H groups in total. The van der Waals surface area contributed by atoms with Gasteiger partial charge in [-0.2, -0.15) is 0 Å². The Morgan fingerprint density at radius 3 is 2.70 bits per heavy atom. The maximum absolute atomic E-state index is 12.2. The molecule has 3 heterocycles. The van der Waals surface area contributed by atoms with Gasteiger partial charge in [0, 0.05) is 30.1 Å². The minimum atomic E-state index is -0.611. The summed E-state index contributed by atoms with van der Waals surface area (Å²) in [5.74, 6) is -0.142. The number of ether oxygens (including phenoxy) is 1. The molecule has 4 rings (SSSR count). The van der Waals surface area contributed by atoms with Crippen LogP contribution in [0.3, 0.4) is 0 Å². The van der Waals surface area contributed by atoms with E-state index in [-0.39, 0.29) is 18.1 Å². The first-order valence-electron chi connectivity index (χ1n) is 8.04. The van der Waals surface area contributed by atoms with Gasteiger partial charge in [0.25, 0.3) is 5.69 Å². The Morgan fingerprint density at radius 2 is 1.96 bits per heavy atom. The van der Waals surface area contributed by atoms with Crippen molar-refractivity contribution in [1.29, 1.82) is 0 Å². The quantitative estimate of drug-likeness (QED) is 0.303. The summed E-state index contributed by atoms with van der Waals surface area (Å²) in [5.41, 5.74) is 2.00. The number of non-ortho nitro benzene ring substituents is 1. The highest BCUT2D eigenvalue weighted by Gasteiger charge is 2.15. The molecule has 27 heavy (non-hydrogen) atoms. The fourth-order valence-electron chi connectivity index (χ4n) is 2.62. The monoisotopic (exact) mass is 363 g/mol. The van der Waals surface area contributed by atoms with Crippen LogP contribution in [0.15, 0.2) is 71.4 Å². The molecule has 0 atom stereocenters. The normalized spacial score (nSPS) is 10.8. The molecule has 4 aromatic rings. The van der Waals surface area contributed by atoms with Crippen molar-refractivity contribution in [3.05, 3.63) is 88.6 Å². The van der Waals surface area contributed by atoms with Gasteiger partial charge in [-0.05, 0) is 36.4 Å². The third-order valence-corrected chi connectivity index (χ3v) is 3.93. The molecule has 0 aliphatic heterocycles. The van der Waals surface area contributed by atoms with E-state index >= 15 is 0 Å². The van der Waals surface area contributed by atoms with Gasteiger partial charge in [0.15, 0.2) is 0 Å². The highest BCUT2D eigenvalue weighted by atomic mass is 16.6. The lowest BCUT2D eigenvalue weighted by atomic mass is 10.1. The summed E-state index contributed by atoms with van der Waals surface area (Å²) in [6.45, 7) is 0.0219. The summed E-state index contributed by atoms with van der Waals surface area (Å²) in [4.78, 5) is 26.8. The van der Waals surface area contributed by atoms with E-state index in [1.165, 1.54) is 18.2 Å². The third-order valence-electron chi connectivity index (χ3n) is 3.93. The van der Waals surface area contributed by atoms with Gasteiger partial charge in [-0.15, -0.1) is 0 Å². The molecule has 8 nitrogen and oxygen atoms in total. The van der Waals surface area contributed by atoms with Gasteiger partial charge in [-0.3, -0.25) is 10.1 Å². The summed E-state index contributed by atoms with van der Waals surface area (Å²) in [5, 5.41) is 10.7. The number of benzene rings is 1. The summed E-state index contributed by atoms with van der Waals surface area (Å²) in [7, 11) is 0. The Morgan fingerprint density at radius 1 is 1.15 bits per heavy atom. The zero-order valence-electron chi connectivity index (χ0n) is 13.9. The molecule has 134 valence electrons. The van der Waals surface area contributed by atoms with Crippen molar-refractivity contribution in [1.82, 2.24) is 9.38 Å². The van der Waals surface area contributed by atoms with Gasteiger partial charge in [0.2, 0.25) is 5.76 Å². The second-order valence-corrected chi connectivity index (χ2v) is 5.74. The molecule has 0 saturated carbocycles. The smallest absolute Gasteiger partial charge is 0.374 e. The van der Waals surface area contributed by atoms with E-state index < -0.39 is 10.9 Å². The number of hydrogen-bond acceptors (Lipinski definition) is 6. The van der Waals surface area contributed by atoms with Crippen molar-refractivity contribution < 1.29 is 18.9 Å². The van der Waals surface area contributed by atoms with E-state index in [0.717, 1.165) is 5.65 Å². The average molecular weight is 363 g/mol. The number of carbonyl (C=O) groups is 1. The lowest BCUT2D eigenvalue weighted by Crippen LogP contribution is -2.04. The molecule has 0 aliphatic carbocycles. The number of aromatic nitrogens is 2. The minimum absolute atomic E-state index is 0.0163. The highest BCUT2D eigenvalue weighted by molar-refractivity contribution is 5.87. The SMILES string of the molecule is O=C(OCc1cn2ccccc2n1)c1ccc(-c2ccc([N+](=O)[O-])cc2)o1. The van der Waals surface area contributed by atoms with Crippen molar-refractivity contribution in [2.24, 2.45) is 0 Å². The van der Waals surface area contributed by atoms with Gasteiger partial charge in [0.1, 0.15) is 18.0 Å². The van der Waals surface area contributed by atoms with Crippen LogP contribution in [0.1, 0.15) is 16.2 Å². The van der Waals surface area contributed by atoms with Gasteiger partial charge in [-0.1, -0.05) is 6.07 Å². The topological polar surface area (TPSA) is 99.9 Å². The van der Waals surface area contributed by atoms with Crippen molar-refractivity contribution in [3.8, 4) is 11.3 Å². The van der Waals surface area contributed by atoms with Crippen LogP contribution < -0.4 is 0 Å². The van der Waals surface area contributed by atoms with Crippen molar-refractivity contribution >= 4 is 17.3 Å². The van der Waals surface area contributed by atoms with E-state index in [9.17, 15) is 14.9 Å². The maximum atomic E-state index is 12.2. The molecule has 0 aliphatic rings. The highest BCUT2D eigenvalue weighted by Crippen LogP contribution is 2.25. The standard InChI is InChI=1S/C19H13N3O5/c23-19(26-12-14-11-21-10-2-1-3-18(21)20-14)17-9-8-16(27-17)13-4-6-15(7-5-13)22(24)25/h1-11H,12H2. The lowest BCUT2D eigenvalue weighted by Gasteiger charge is -2.00. The third kappa shape index (κ3) is 3.40. The Balaban J connectivity index is 1.44. The summed E-state index contributed by atoms with van der Waals surface area (Å²) in [6.07, 6.45) is 3.64. The van der Waals surface area contributed by atoms with Crippen molar-refractivity contribution in [2.45, 2.75) is 6.61 Å². The van der Waals surface area contributed by atoms with E-state index in [4.69, 9.17) is 9.15 Å². The number of nitro benzene ring substituents is 1. The first kappa shape index (κ1) is 16.5. The van der Waals surface area contributed by atoms with Gasteiger partial charge < -0.3 is 13.6 Å². The van der Waals surface area contributed by atoms with E-state index in [0.29, 0.717) is 17.0 Å². The molecule has 8 heteroatoms. The first-order chi connectivity index (χ1) is 13.1. The fourth-order valence-corrected chi connectivity index (χ4v) is 2.62. The molecule has 0 radical (unpaired) electrons. The predicted molar refractivity (Wildman–Crippen MR) is 95.1 cm³/mol. The average Bonchev–Trinajstić information content (AvgIpc) is 3.33. The fraction of sp³-hybridized carbons (Fsp3) is 0.0526. The summed E-state index contributed by atoms with van der Waals surface area (Å²) in [6, 6.07) is 14.6. The molecule has 0 unspecified atom stereocenters. The van der Waals surface area contributed by atoms with Crippen LogP contribution in [0, 0.1) is 10.1 Å². The van der Waals surface area contributed by atoms with Crippen molar-refractivity contribution in [3.63, 3.8) is 0 Å². The number of esters is 1. The van der Waals surface area contributed by atoms with Crippen molar-refractivity contribution in [2.75, 3.05) is 0 Å². The van der Waals surface area contributed by atoms with Gasteiger partial charge in [-0.25, -0.2) is 9.78 Å². The van der Waals surface area contributed by atoms with E-state index in [2.05, 4.69) is 4.98 Å². The van der Waals surface area contributed by atoms with Gasteiger partial charge in [0.05, 0.1) is 10.6 Å². The zero-order valence-corrected chi connectivity index (χ0v) is 13.9. The number of nitrogens with zero attached hydrogens (tertiary/aromatic N) is 3. The number of carbonyl (C=O) groups excluding carboxylic acids is 1. The second kappa shape index (κ2) is 6.75. The lowest BCUT2D eigenvalue weighted by molar-refractivity contribution is -0.384. The number of hydrogen-bond donors (Lipinski definition) is 0. The number of furan rings is 1. The van der Waals surface area contributed by atoms with E-state index in [1.54, 1.807) is 24.4 Å². The first-order valence-corrected chi connectivity index (χ1v) is 8.04. The number of pyridine rings is 1. The van der Waals surface area contributed by atoms with Crippen LogP contribution in [0.2, 0.25) is 0 Å². The molecular weight excluding hydrogens is 350 g/mol. The largest absolute Gasteiger partial charge is 0.453 e. The number of rotatable bonds is 5.